The molecule has 0 bridgehead atoms. The van der Waals surface area contributed by atoms with Gasteiger partial charge >= 0.3 is 0 Å². The van der Waals surface area contributed by atoms with Gasteiger partial charge in [0, 0.05) is 18.5 Å². The third-order valence-corrected chi connectivity index (χ3v) is 3.11. The fraction of sp³-hybridized carbons (Fsp3) is 0.929. The normalized spacial score (nSPS) is 18.6. The van der Waals surface area contributed by atoms with Gasteiger partial charge in [-0.25, -0.2) is 0 Å². The third-order valence-electron chi connectivity index (χ3n) is 3.11. The average Bonchev–Trinajstić information content (AvgIpc) is 2.28. The summed E-state index contributed by atoms with van der Waals surface area (Å²) < 4.78 is 5.24. The van der Waals surface area contributed by atoms with Gasteiger partial charge in [-0.1, -0.05) is 20.8 Å². The molecule has 0 saturated carbocycles. The number of nitrogens with zero attached hydrogens (tertiary/aromatic N) is 1. The van der Waals surface area contributed by atoms with Crippen LogP contribution in [0.15, 0.2) is 4.99 Å². The number of rotatable bonds is 7. The molecule has 0 aromatic carbocycles. The van der Waals surface area contributed by atoms with Gasteiger partial charge in [0.2, 0.25) is 0 Å². The van der Waals surface area contributed by atoms with Crippen LogP contribution in [0.5, 0.6) is 0 Å². The quantitative estimate of drug-likeness (QED) is 0.415. The SMILES string of the molecule is CCNC(=NCC1(C)COC1)NCCCC(C)C. The minimum absolute atomic E-state index is 0.250. The first-order valence-corrected chi connectivity index (χ1v) is 7.16. The van der Waals surface area contributed by atoms with E-state index in [0.29, 0.717) is 0 Å². The lowest BCUT2D eigenvalue weighted by atomic mass is 9.89. The van der Waals surface area contributed by atoms with Crippen molar-refractivity contribution < 1.29 is 4.74 Å². The van der Waals surface area contributed by atoms with E-state index in [4.69, 9.17) is 4.74 Å². The molecule has 1 aliphatic heterocycles. The molecule has 2 N–H and O–H groups in total. The van der Waals surface area contributed by atoms with E-state index in [1.165, 1.54) is 12.8 Å². The highest BCUT2D eigenvalue weighted by molar-refractivity contribution is 5.79. The van der Waals surface area contributed by atoms with Gasteiger partial charge in [0.15, 0.2) is 5.96 Å². The van der Waals surface area contributed by atoms with Crippen LogP contribution in [0, 0.1) is 11.3 Å². The summed E-state index contributed by atoms with van der Waals surface area (Å²) in [6.07, 6.45) is 2.46. The monoisotopic (exact) mass is 255 g/mol. The summed E-state index contributed by atoms with van der Waals surface area (Å²) in [5, 5.41) is 6.68. The van der Waals surface area contributed by atoms with Crippen molar-refractivity contribution in [2.45, 2.75) is 40.5 Å². The van der Waals surface area contributed by atoms with Crippen molar-refractivity contribution in [2.75, 3.05) is 32.8 Å². The van der Waals surface area contributed by atoms with E-state index in [1.807, 2.05) is 0 Å². The smallest absolute Gasteiger partial charge is 0.191 e. The van der Waals surface area contributed by atoms with Crippen LogP contribution in [0.1, 0.15) is 40.5 Å². The zero-order valence-corrected chi connectivity index (χ0v) is 12.4. The van der Waals surface area contributed by atoms with Crippen LogP contribution in [-0.2, 0) is 4.74 Å². The summed E-state index contributed by atoms with van der Waals surface area (Å²) >= 11 is 0. The van der Waals surface area contributed by atoms with Crippen molar-refractivity contribution >= 4 is 5.96 Å². The first kappa shape index (κ1) is 15.3. The predicted molar refractivity (Wildman–Crippen MR) is 77.0 cm³/mol. The van der Waals surface area contributed by atoms with Crippen LogP contribution in [0.3, 0.4) is 0 Å². The Morgan fingerprint density at radius 3 is 2.56 bits per heavy atom. The van der Waals surface area contributed by atoms with Crippen molar-refractivity contribution in [3.05, 3.63) is 0 Å². The van der Waals surface area contributed by atoms with Crippen molar-refractivity contribution in [3.8, 4) is 0 Å². The molecule has 4 heteroatoms. The third kappa shape index (κ3) is 5.71. The lowest BCUT2D eigenvalue weighted by Gasteiger charge is -2.36. The Morgan fingerprint density at radius 2 is 2.06 bits per heavy atom. The van der Waals surface area contributed by atoms with E-state index >= 15 is 0 Å². The van der Waals surface area contributed by atoms with Crippen molar-refractivity contribution in [3.63, 3.8) is 0 Å². The van der Waals surface area contributed by atoms with Crippen LogP contribution in [-0.4, -0.2) is 38.8 Å². The van der Waals surface area contributed by atoms with Gasteiger partial charge in [0.1, 0.15) is 0 Å². The summed E-state index contributed by atoms with van der Waals surface area (Å²) in [5.41, 5.74) is 0.250. The second-order valence-corrected chi connectivity index (χ2v) is 5.96. The Hall–Kier alpha value is -0.770. The molecule has 106 valence electrons. The molecule has 1 rings (SSSR count). The molecule has 4 nitrogen and oxygen atoms in total. The molecule has 1 heterocycles. The summed E-state index contributed by atoms with van der Waals surface area (Å²) in [4.78, 5) is 4.64. The molecule has 1 saturated heterocycles. The number of aliphatic imine (C=N–C) groups is 1. The zero-order chi connectivity index (χ0) is 13.4. The van der Waals surface area contributed by atoms with Crippen LogP contribution in [0.2, 0.25) is 0 Å². The lowest BCUT2D eigenvalue weighted by molar-refractivity contribution is -0.0945. The van der Waals surface area contributed by atoms with Crippen LogP contribution < -0.4 is 10.6 Å². The van der Waals surface area contributed by atoms with Crippen LogP contribution in [0.25, 0.3) is 0 Å². The summed E-state index contributed by atoms with van der Waals surface area (Å²) in [6, 6.07) is 0. The Morgan fingerprint density at radius 1 is 1.33 bits per heavy atom. The second-order valence-electron chi connectivity index (χ2n) is 5.96. The van der Waals surface area contributed by atoms with Crippen LogP contribution >= 0.6 is 0 Å². The Bertz CT molecular complexity index is 260. The highest BCUT2D eigenvalue weighted by atomic mass is 16.5. The highest BCUT2D eigenvalue weighted by Crippen LogP contribution is 2.26. The lowest BCUT2D eigenvalue weighted by Crippen LogP contribution is -2.44. The van der Waals surface area contributed by atoms with E-state index < -0.39 is 0 Å². The second kappa shape index (κ2) is 7.62. The molecule has 0 atom stereocenters. The Balaban J connectivity index is 2.27. The molecule has 0 spiro atoms. The summed E-state index contributed by atoms with van der Waals surface area (Å²) in [7, 11) is 0. The maximum Gasteiger partial charge on any atom is 0.191 e. The molecular formula is C14H29N3O. The number of nitrogens with one attached hydrogen (secondary N) is 2. The molecule has 0 radical (unpaired) electrons. The minimum Gasteiger partial charge on any atom is -0.380 e. The summed E-state index contributed by atoms with van der Waals surface area (Å²) in [5.74, 6) is 1.71. The molecule has 18 heavy (non-hydrogen) atoms. The highest BCUT2D eigenvalue weighted by Gasteiger charge is 2.33. The van der Waals surface area contributed by atoms with Gasteiger partial charge in [-0.15, -0.1) is 0 Å². The molecule has 1 aliphatic rings. The maximum absolute atomic E-state index is 5.24. The average molecular weight is 255 g/mol. The molecule has 0 aliphatic carbocycles. The number of hydrogen-bond acceptors (Lipinski definition) is 2. The maximum atomic E-state index is 5.24. The van der Waals surface area contributed by atoms with Gasteiger partial charge in [0.25, 0.3) is 0 Å². The standard InChI is InChI=1S/C14H29N3O/c1-5-15-13(16-8-6-7-12(2)3)17-9-14(4)10-18-11-14/h12H,5-11H2,1-4H3,(H2,15,16,17). The topological polar surface area (TPSA) is 45.7 Å². The molecule has 0 aromatic rings. The van der Waals surface area contributed by atoms with Crippen molar-refractivity contribution in [2.24, 2.45) is 16.3 Å². The number of guanidine groups is 1. The summed E-state index contributed by atoms with van der Waals surface area (Å²) in [6.45, 7) is 13.3. The zero-order valence-electron chi connectivity index (χ0n) is 12.4. The molecule has 1 fully saturated rings. The van der Waals surface area contributed by atoms with Gasteiger partial charge in [-0.05, 0) is 25.7 Å². The van der Waals surface area contributed by atoms with Gasteiger partial charge in [-0.2, -0.15) is 0 Å². The largest absolute Gasteiger partial charge is 0.380 e. The van der Waals surface area contributed by atoms with E-state index in [9.17, 15) is 0 Å². The van der Waals surface area contributed by atoms with Crippen LogP contribution in [0.4, 0.5) is 0 Å². The molecular weight excluding hydrogens is 226 g/mol. The van der Waals surface area contributed by atoms with Gasteiger partial charge in [-0.3, -0.25) is 4.99 Å². The Labute approximate surface area is 112 Å². The van der Waals surface area contributed by atoms with E-state index in [1.54, 1.807) is 0 Å². The Kier molecular flexibility index (Phi) is 6.47. The van der Waals surface area contributed by atoms with Crippen molar-refractivity contribution in [1.82, 2.24) is 10.6 Å². The first-order valence-electron chi connectivity index (χ1n) is 7.16. The van der Waals surface area contributed by atoms with Crippen molar-refractivity contribution in [1.29, 1.82) is 0 Å². The molecule has 0 amide bonds. The van der Waals surface area contributed by atoms with E-state index in [0.717, 1.165) is 44.7 Å². The molecule has 0 unspecified atom stereocenters. The number of hydrogen-bond donors (Lipinski definition) is 2. The fourth-order valence-corrected chi connectivity index (χ4v) is 1.87. The minimum atomic E-state index is 0.250. The van der Waals surface area contributed by atoms with Gasteiger partial charge < -0.3 is 15.4 Å². The number of ether oxygens (including phenoxy) is 1. The van der Waals surface area contributed by atoms with E-state index in [-0.39, 0.29) is 5.41 Å². The predicted octanol–water partition coefficient (Wildman–Crippen LogP) is 2.01. The van der Waals surface area contributed by atoms with Gasteiger partial charge in [0.05, 0.1) is 19.8 Å². The van der Waals surface area contributed by atoms with E-state index in [2.05, 4.69) is 43.3 Å². The fourth-order valence-electron chi connectivity index (χ4n) is 1.87. The first-order chi connectivity index (χ1) is 8.56. The molecule has 0 aromatic heterocycles.